The van der Waals surface area contributed by atoms with Crippen molar-refractivity contribution in [3.8, 4) is 11.5 Å². The van der Waals surface area contributed by atoms with Crippen molar-refractivity contribution < 1.29 is 9.84 Å². The molecule has 4 heteroatoms. The second kappa shape index (κ2) is 4.94. The molecule has 1 aromatic rings. The third-order valence-electron chi connectivity index (χ3n) is 1.73. The fourth-order valence-electron chi connectivity index (χ4n) is 1.02. The van der Waals surface area contributed by atoms with Gasteiger partial charge in [0, 0.05) is 11.6 Å². The largest absolute Gasteiger partial charge is 0.508 e. The van der Waals surface area contributed by atoms with Crippen LogP contribution in [-0.4, -0.2) is 12.2 Å². The van der Waals surface area contributed by atoms with Gasteiger partial charge in [0.15, 0.2) is 0 Å². The topological polar surface area (TPSA) is 55.5 Å². The number of rotatable bonds is 2. The Balaban J connectivity index is 0.00000144. The minimum absolute atomic E-state index is 0. The molecule has 0 fully saturated rings. The predicted molar refractivity (Wildman–Crippen MR) is 54.5 cm³/mol. The smallest absolute Gasteiger partial charge is 0.120 e. The van der Waals surface area contributed by atoms with Crippen LogP contribution in [0.1, 0.15) is 18.5 Å². The molecule has 3 N–H and O–H groups in total. The molecule has 1 atom stereocenters. The van der Waals surface area contributed by atoms with Crippen LogP contribution in [0.5, 0.6) is 11.5 Å². The summed E-state index contributed by atoms with van der Waals surface area (Å²) in [5.41, 5.74) is 6.33. The normalized spacial score (nSPS) is 11.6. The first-order valence-electron chi connectivity index (χ1n) is 3.77. The molecule has 0 radical (unpaired) electrons. The molecule has 74 valence electrons. The average Bonchev–Trinajstić information content (AvgIpc) is 2.05. The van der Waals surface area contributed by atoms with Crippen molar-refractivity contribution in [3.63, 3.8) is 0 Å². The number of phenolic OH excluding ortho intramolecular Hbond substituents is 1. The number of halogens is 1. The number of benzene rings is 1. The fourth-order valence-corrected chi connectivity index (χ4v) is 1.02. The lowest BCUT2D eigenvalue weighted by Gasteiger charge is -2.09. The van der Waals surface area contributed by atoms with Crippen LogP contribution in [0.4, 0.5) is 0 Å². The highest BCUT2D eigenvalue weighted by Gasteiger charge is 2.06. The molecule has 0 aliphatic heterocycles. The number of aromatic hydroxyl groups is 1. The Morgan fingerprint density at radius 2 is 2.08 bits per heavy atom. The van der Waals surface area contributed by atoms with Crippen LogP contribution >= 0.6 is 12.4 Å². The van der Waals surface area contributed by atoms with Gasteiger partial charge in [0.2, 0.25) is 0 Å². The van der Waals surface area contributed by atoms with Crippen LogP contribution in [0.3, 0.4) is 0 Å². The van der Waals surface area contributed by atoms with Gasteiger partial charge in [-0.1, -0.05) is 0 Å². The van der Waals surface area contributed by atoms with Crippen molar-refractivity contribution in [1.29, 1.82) is 0 Å². The molecular formula is C9H14ClNO2. The zero-order chi connectivity index (χ0) is 9.14. The maximum atomic E-state index is 9.37. The zero-order valence-electron chi connectivity index (χ0n) is 7.65. The Hall–Kier alpha value is -0.930. The van der Waals surface area contributed by atoms with Crippen LogP contribution in [0, 0.1) is 0 Å². The van der Waals surface area contributed by atoms with Crippen molar-refractivity contribution in [3.05, 3.63) is 23.8 Å². The number of phenols is 1. The molecule has 1 aromatic carbocycles. The molecule has 0 heterocycles. The SMILES string of the molecule is COc1ccc(O)c([C@H](C)N)c1.Cl. The molecule has 0 amide bonds. The van der Waals surface area contributed by atoms with Crippen molar-refractivity contribution in [2.75, 3.05) is 7.11 Å². The van der Waals surface area contributed by atoms with E-state index in [9.17, 15) is 5.11 Å². The summed E-state index contributed by atoms with van der Waals surface area (Å²) in [5, 5.41) is 9.37. The van der Waals surface area contributed by atoms with E-state index in [1.54, 1.807) is 25.3 Å². The van der Waals surface area contributed by atoms with Crippen LogP contribution in [0.2, 0.25) is 0 Å². The summed E-state index contributed by atoms with van der Waals surface area (Å²) >= 11 is 0. The Labute approximate surface area is 83.9 Å². The summed E-state index contributed by atoms with van der Waals surface area (Å²) in [5.74, 6) is 0.922. The first-order chi connectivity index (χ1) is 5.65. The first kappa shape index (κ1) is 12.1. The van der Waals surface area contributed by atoms with Gasteiger partial charge < -0.3 is 15.6 Å². The molecule has 0 unspecified atom stereocenters. The molecule has 13 heavy (non-hydrogen) atoms. The molecule has 0 aromatic heterocycles. The molecule has 0 saturated carbocycles. The van der Waals surface area contributed by atoms with E-state index in [2.05, 4.69) is 0 Å². The second-order valence-electron chi connectivity index (χ2n) is 2.71. The third-order valence-corrected chi connectivity index (χ3v) is 1.73. The Bertz CT molecular complexity index is 276. The van der Waals surface area contributed by atoms with E-state index >= 15 is 0 Å². The van der Waals surface area contributed by atoms with Gasteiger partial charge in [-0.3, -0.25) is 0 Å². The molecule has 3 nitrogen and oxygen atoms in total. The van der Waals surface area contributed by atoms with Crippen LogP contribution in [0.25, 0.3) is 0 Å². The molecule has 0 aliphatic carbocycles. The van der Waals surface area contributed by atoms with E-state index in [0.29, 0.717) is 11.3 Å². The van der Waals surface area contributed by atoms with Gasteiger partial charge in [-0.05, 0) is 25.1 Å². The number of hydrogen-bond acceptors (Lipinski definition) is 3. The Kier molecular flexibility index (Phi) is 4.59. The quantitative estimate of drug-likeness (QED) is 0.771. The van der Waals surface area contributed by atoms with E-state index in [4.69, 9.17) is 10.5 Å². The van der Waals surface area contributed by atoms with E-state index in [1.807, 2.05) is 6.92 Å². The highest BCUT2D eigenvalue weighted by atomic mass is 35.5. The average molecular weight is 204 g/mol. The summed E-state index contributed by atoms with van der Waals surface area (Å²) in [6.45, 7) is 1.81. The molecule has 0 bridgehead atoms. The summed E-state index contributed by atoms with van der Waals surface area (Å²) in [6.07, 6.45) is 0. The van der Waals surface area contributed by atoms with E-state index in [1.165, 1.54) is 0 Å². The van der Waals surface area contributed by atoms with Gasteiger partial charge in [0.05, 0.1) is 7.11 Å². The number of hydrogen-bond donors (Lipinski definition) is 2. The van der Waals surface area contributed by atoms with Crippen molar-refractivity contribution in [2.24, 2.45) is 5.73 Å². The van der Waals surface area contributed by atoms with Gasteiger partial charge in [-0.25, -0.2) is 0 Å². The molecule has 0 spiro atoms. The van der Waals surface area contributed by atoms with Gasteiger partial charge >= 0.3 is 0 Å². The van der Waals surface area contributed by atoms with Gasteiger partial charge in [0.1, 0.15) is 11.5 Å². The second-order valence-corrected chi connectivity index (χ2v) is 2.71. The monoisotopic (exact) mass is 203 g/mol. The number of methoxy groups -OCH3 is 1. The number of nitrogens with two attached hydrogens (primary N) is 1. The predicted octanol–water partition coefficient (Wildman–Crippen LogP) is 1.84. The summed E-state index contributed by atoms with van der Waals surface area (Å²) in [7, 11) is 1.58. The third kappa shape index (κ3) is 2.79. The molecule has 0 aliphatic rings. The molecule has 0 saturated heterocycles. The van der Waals surface area contributed by atoms with E-state index in [-0.39, 0.29) is 24.2 Å². The zero-order valence-corrected chi connectivity index (χ0v) is 8.47. The minimum Gasteiger partial charge on any atom is -0.508 e. The van der Waals surface area contributed by atoms with E-state index in [0.717, 1.165) is 0 Å². The lowest BCUT2D eigenvalue weighted by molar-refractivity contribution is 0.410. The summed E-state index contributed by atoms with van der Waals surface area (Å²) < 4.78 is 4.99. The van der Waals surface area contributed by atoms with E-state index < -0.39 is 0 Å². The van der Waals surface area contributed by atoms with Crippen LogP contribution < -0.4 is 10.5 Å². The fraction of sp³-hybridized carbons (Fsp3) is 0.333. The Morgan fingerprint density at radius 1 is 1.46 bits per heavy atom. The summed E-state index contributed by atoms with van der Waals surface area (Å²) in [6, 6.07) is 4.83. The molecule has 1 rings (SSSR count). The summed E-state index contributed by atoms with van der Waals surface area (Å²) in [4.78, 5) is 0. The van der Waals surface area contributed by atoms with Gasteiger partial charge in [-0.2, -0.15) is 0 Å². The highest BCUT2D eigenvalue weighted by Crippen LogP contribution is 2.26. The van der Waals surface area contributed by atoms with Crippen molar-refractivity contribution >= 4 is 12.4 Å². The highest BCUT2D eigenvalue weighted by molar-refractivity contribution is 5.85. The maximum absolute atomic E-state index is 9.37. The van der Waals surface area contributed by atoms with Gasteiger partial charge in [-0.15, -0.1) is 12.4 Å². The minimum atomic E-state index is -0.180. The standard InChI is InChI=1S/C9H13NO2.ClH/c1-6(10)8-5-7(12-2)3-4-9(8)11;/h3-6,11H,10H2,1-2H3;1H/t6-;/m0./s1. The van der Waals surface area contributed by atoms with Crippen molar-refractivity contribution in [1.82, 2.24) is 0 Å². The molecular weight excluding hydrogens is 190 g/mol. The first-order valence-corrected chi connectivity index (χ1v) is 3.77. The van der Waals surface area contributed by atoms with Gasteiger partial charge in [0.25, 0.3) is 0 Å². The lowest BCUT2D eigenvalue weighted by atomic mass is 10.1. The maximum Gasteiger partial charge on any atom is 0.120 e. The van der Waals surface area contributed by atoms with Crippen LogP contribution in [-0.2, 0) is 0 Å². The lowest BCUT2D eigenvalue weighted by Crippen LogP contribution is -2.05. The Morgan fingerprint density at radius 3 is 2.54 bits per heavy atom. The van der Waals surface area contributed by atoms with Crippen molar-refractivity contribution in [2.45, 2.75) is 13.0 Å². The van der Waals surface area contributed by atoms with Crippen LogP contribution in [0.15, 0.2) is 18.2 Å². The number of ether oxygens (including phenoxy) is 1.